The smallest absolute Gasteiger partial charge is 0.227 e. The third kappa shape index (κ3) is 2.73. The number of rotatable bonds is 3. The van der Waals surface area contributed by atoms with Gasteiger partial charge in [-0.05, 0) is 17.7 Å². The summed E-state index contributed by atoms with van der Waals surface area (Å²) < 4.78 is 24.3. The summed E-state index contributed by atoms with van der Waals surface area (Å²) in [5.41, 5.74) is 0.755. The maximum atomic E-state index is 12.0. The Morgan fingerprint density at radius 1 is 1.12 bits per heavy atom. The molecule has 0 N–H and O–H groups in total. The van der Waals surface area contributed by atoms with Crippen LogP contribution >= 0.6 is 11.3 Å². The van der Waals surface area contributed by atoms with Gasteiger partial charge in [0, 0.05) is 0 Å². The molecule has 0 saturated carbocycles. The molecule has 2 rings (SSSR count). The maximum absolute atomic E-state index is 12.0. The highest BCUT2D eigenvalue weighted by atomic mass is 32.2. The van der Waals surface area contributed by atoms with Gasteiger partial charge in [-0.3, -0.25) is 0 Å². The van der Waals surface area contributed by atoms with Gasteiger partial charge >= 0.3 is 0 Å². The predicted octanol–water partition coefficient (Wildman–Crippen LogP) is 3.27. The molecule has 17 heavy (non-hydrogen) atoms. The molecular formula is C12H9NO2S2. The molecule has 0 aliphatic rings. The van der Waals surface area contributed by atoms with Gasteiger partial charge in [-0.15, -0.1) is 11.3 Å². The second kappa shape index (κ2) is 4.70. The fourth-order valence-corrected chi connectivity index (χ4v) is 3.92. The van der Waals surface area contributed by atoms with E-state index < -0.39 is 9.84 Å². The summed E-state index contributed by atoms with van der Waals surface area (Å²) in [5.74, 6) is -0.0220. The van der Waals surface area contributed by atoms with Crippen molar-refractivity contribution in [3.8, 4) is 0 Å². The standard InChI is InChI=1S/C12H9NO2S2/c1-13-11-7-8-12(16-11)17(14,15)9-10-5-3-2-4-6-10/h2-8H,9H2. The zero-order valence-electron chi connectivity index (χ0n) is 8.83. The van der Waals surface area contributed by atoms with Gasteiger partial charge in [-0.2, -0.15) is 0 Å². The molecule has 0 atom stereocenters. The highest BCUT2D eigenvalue weighted by molar-refractivity contribution is 7.92. The van der Waals surface area contributed by atoms with Crippen molar-refractivity contribution in [2.75, 3.05) is 0 Å². The summed E-state index contributed by atoms with van der Waals surface area (Å²) >= 11 is 1.02. The largest absolute Gasteiger partial charge is 0.242 e. The van der Waals surface area contributed by atoms with Crippen LogP contribution in [-0.2, 0) is 15.6 Å². The molecule has 1 heterocycles. The minimum Gasteiger partial charge on any atom is -0.227 e. The van der Waals surface area contributed by atoms with E-state index in [0.29, 0.717) is 5.00 Å². The number of thiophene rings is 1. The van der Waals surface area contributed by atoms with Crippen LogP contribution in [0.25, 0.3) is 4.85 Å². The second-order valence-electron chi connectivity index (χ2n) is 3.45. The molecular weight excluding hydrogens is 254 g/mol. The molecule has 0 spiro atoms. The molecule has 1 aromatic heterocycles. The van der Waals surface area contributed by atoms with Crippen LogP contribution in [0, 0.1) is 6.57 Å². The fraction of sp³-hybridized carbons (Fsp3) is 0.0833. The minimum absolute atomic E-state index is 0.0220. The third-order valence-corrected chi connectivity index (χ3v) is 5.43. The lowest BCUT2D eigenvalue weighted by atomic mass is 10.2. The van der Waals surface area contributed by atoms with E-state index in [0.717, 1.165) is 16.9 Å². The van der Waals surface area contributed by atoms with Crippen molar-refractivity contribution in [3.05, 3.63) is 59.4 Å². The van der Waals surface area contributed by atoms with E-state index >= 15 is 0 Å². The molecule has 0 bridgehead atoms. The summed E-state index contributed by atoms with van der Waals surface area (Å²) in [7, 11) is -3.33. The Kier molecular flexibility index (Phi) is 3.27. The molecule has 0 unspecified atom stereocenters. The van der Waals surface area contributed by atoms with Crippen LogP contribution < -0.4 is 0 Å². The molecule has 5 heteroatoms. The lowest BCUT2D eigenvalue weighted by Gasteiger charge is -2.01. The average molecular weight is 263 g/mol. The Balaban J connectivity index is 2.29. The molecule has 2 aromatic rings. The first-order valence-corrected chi connectivity index (χ1v) is 7.33. The van der Waals surface area contributed by atoms with Crippen LogP contribution in [0.15, 0.2) is 46.7 Å². The third-order valence-electron chi connectivity index (χ3n) is 2.18. The molecule has 0 aliphatic carbocycles. The SMILES string of the molecule is [C-]#[N+]c1ccc(S(=O)(=O)Cc2ccccc2)s1. The van der Waals surface area contributed by atoms with Gasteiger partial charge in [0.15, 0.2) is 9.84 Å². The van der Waals surface area contributed by atoms with E-state index in [1.807, 2.05) is 18.2 Å². The molecule has 0 radical (unpaired) electrons. The number of sulfone groups is 1. The van der Waals surface area contributed by atoms with Crippen LogP contribution in [-0.4, -0.2) is 8.42 Å². The van der Waals surface area contributed by atoms with Crippen LogP contribution in [0.5, 0.6) is 0 Å². The normalized spacial score (nSPS) is 11.0. The molecule has 0 amide bonds. The summed E-state index contributed by atoms with van der Waals surface area (Å²) in [6.07, 6.45) is 0. The van der Waals surface area contributed by atoms with Crippen molar-refractivity contribution in [1.82, 2.24) is 0 Å². The van der Waals surface area contributed by atoms with Crippen molar-refractivity contribution in [3.63, 3.8) is 0 Å². The molecule has 86 valence electrons. The highest BCUT2D eigenvalue weighted by Crippen LogP contribution is 2.30. The van der Waals surface area contributed by atoms with E-state index in [1.54, 1.807) is 12.1 Å². The number of benzene rings is 1. The molecule has 3 nitrogen and oxygen atoms in total. The van der Waals surface area contributed by atoms with E-state index in [-0.39, 0.29) is 9.96 Å². The number of hydrogen-bond donors (Lipinski definition) is 0. The fourth-order valence-electron chi connectivity index (χ4n) is 1.40. The number of nitrogens with zero attached hydrogens (tertiary/aromatic N) is 1. The quantitative estimate of drug-likeness (QED) is 0.797. The van der Waals surface area contributed by atoms with Crippen molar-refractivity contribution in [2.24, 2.45) is 0 Å². The lowest BCUT2D eigenvalue weighted by Crippen LogP contribution is -2.02. The van der Waals surface area contributed by atoms with Crippen molar-refractivity contribution in [2.45, 2.75) is 9.96 Å². The van der Waals surface area contributed by atoms with Gasteiger partial charge in [0.05, 0.1) is 12.3 Å². The van der Waals surface area contributed by atoms with Gasteiger partial charge in [-0.1, -0.05) is 30.3 Å². The zero-order chi connectivity index (χ0) is 12.3. The first-order valence-electron chi connectivity index (χ1n) is 4.86. The van der Waals surface area contributed by atoms with Crippen molar-refractivity contribution in [1.29, 1.82) is 0 Å². The Hall–Kier alpha value is -1.64. The average Bonchev–Trinajstić information content (AvgIpc) is 2.79. The Labute approximate surface area is 104 Å². The van der Waals surface area contributed by atoms with Gasteiger partial charge in [0.25, 0.3) is 0 Å². The Bertz CT molecular complexity index is 651. The summed E-state index contributed by atoms with van der Waals surface area (Å²) in [6, 6.07) is 12.1. The topological polar surface area (TPSA) is 38.5 Å². The first-order chi connectivity index (χ1) is 8.12. The highest BCUT2D eigenvalue weighted by Gasteiger charge is 2.17. The van der Waals surface area contributed by atoms with Gasteiger partial charge in [0.1, 0.15) is 4.21 Å². The molecule has 0 fully saturated rings. The minimum atomic E-state index is -3.33. The second-order valence-corrected chi connectivity index (χ2v) is 6.73. The Morgan fingerprint density at radius 2 is 1.82 bits per heavy atom. The summed E-state index contributed by atoms with van der Waals surface area (Å²) in [6.45, 7) is 6.82. The molecule has 0 saturated heterocycles. The van der Waals surface area contributed by atoms with Crippen molar-refractivity contribution >= 4 is 26.2 Å². The van der Waals surface area contributed by atoms with Crippen LogP contribution in [0.2, 0.25) is 0 Å². The van der Waals surface area contributed by atoms with E-state index in [1.165, 1.54) is 12.1 Å². The van der Waals surface area contributed by atoms with E-state index in [2.05, 4.69) is 4.85 Å². The maximum Gasteiger partial charge on any atom is 0.242 e. The van der Waals surface area contributed by atoms with E-state index in [4.69, 9.17) is 6.57 Å². The van der Waals surface area contributed by atoms with E-state index in [9.17, 15) is 8.42 Å². The summed E-state index contributed by atoms with van der Waals surface area (Å²) in [4.78, 5) is 3.22. The van der Waals surface area contributed by atoms with Crippen molar-refractivity contribution < 1.29 is 8.42 Å². The number of hydrogen-bond acceptors (Lipinski definition) is 3. The summed E-state index contributed by atoms with van der Waals surface area (Å²) in [5, 5.41) is 0.400. The monoisotopic (exact) mass is 263 g/mol. The first kappa shape index (κ1) is 11.8. The predicted molar refractivity (Wildman–Crippen MR) is 67.9 cm³/mol. The molecule has 0 aliphatic heterocycles. The van der Waals surface area contributed by atoms with Crippen LogP contribution in [0.3, 0.4) is 0 Å². The van der Waals surface area contributed by atoms with Gasteiger partial charge < -0.3 is 0 Å². The van der Waals surface area contributed by atoms with Crippen LogP contribution in [0.1, 0.15) is 5.56 Å². The lowest BCUT2D eigenvalue weighted by molar-refractivity contribution is 0.597. The van der Waals surface area contributed by atoms with Gasteiger partial charge in [-0.25, -0.2) is 13.3 Å². The van der Waals surface area contributed by atoms with Crippen LogP contribution in [0.4, 0.5) is 5.00 Å². The molecule has 1 aromatic carbocycles. The van der Waals surface area contributed by atoms with Gasteiger partial charge in [0.2, 0.25) is 5.00 Å². The Morgan fingerprint density at radius 3 is 2.41 bits per heavy atom. The zero-order valence-corrected chi connectivity index (χ0v) is 10.5.